The Morgan fingerprint density at radius 2 is 1.83 bits per heavy atom. The SMILES string of the molecule is COOSc1cnn(-c2ccc(S(=O)(=O)O)cc2)c1N=Nc1c(C)nn(-c2nc(NCCS(=O)(=O)O)[nH]c(=O)n2)c1N. The molecule has 0 atom stereocenters. The molecule has 0 aliphatic carbocycles. The van der Waals surface area contributed by atoms with E-state index in [-0.39, 0.29) is 46.4 Å². The largest absolute Gasteiger partial charge is 0.382 e. The van der Waals surface area contributed by atoms with Crippen molar-refractivity contribution >= 4 is 55.6 Å². The quantitative estimate of drug-likeness (QED) is 0.0472. The average Bonchev–Trinajstić information content (AvgIpc) is 3.44. The number of benzene rings is 1. The van der Waals surface area contributed by atoms with Crippen molar-refractivity contribution in [2.75, 3.05) is 30.5 Å². The first-order valence-corrected chi connectivity index (χ1v) is 15.0. The third-order valence-electron chi connectivity index (χ3n) is 5.07. The Kier molecular flexibility index (Phi) is 9.00. The molecule has 4 aromatic rings. The highest BCUT2D eigenvalue weighted by atomic mass is 32.2. The lowest BCUT2D eigenvalue weighted by atomic mass is 10.3. The van der Waals surface area contributed by atoms with Gasteiger partial charge in [-0.05, 0) is 31.2 Å². The van der Waals surface area contributed by atoms with Crippen LogP contribution in [0.1, 0.15) is 5.69 Å². The van der Waals surface area contributed by atoms with Crippen LogP contribution in [-0.2, 0) is 29.5 Å². The molecule has 0 amide bonds. The van der Waals surface area contributed by atoms with Crippen molar-refractivity contribution in [1.82, 2.24) is 34.5 Å². The van der Waals surface area contributed by atoms with Crippen molar-refractivity contribution in [3.05, 3.63) is 46.6 Å². The summed E-state index contributed by atoms with van der Waals surface area (Å²) in [5.41, 5.74) is 6.05. The normalized spacial score (nSPS) is 12.3. The standard InChI is InChI=1S/C19H21N11O9S3/c1-10-14(15(20)30(28-10)18-23-17(24-19(31)25-18)21-7-8-41(32,33)34)26-27-16-13(40-39-38-2)9-22-29(16)11-3-5-12(6-4-11)42(35,36)37/h3-6,9H,7-8,20H2,1-2H3,(H,32,33,34)(H,35,36,37)(H2,21,23,24,25,31). The molecule has 0 aliphatic heterocycles. The van der Waals surface area contributed by atoms with Gasteiger partial charge >= 0.3 is 5.69 Å². The second-order valence-corrected chi connectivity index (χ2v) is 11.7. The molecule has 3 heterocycles. The van der Waals surface area contributed by atoms with Crippen molar-refractivity contribution in [1.29, 1.82) is 0 Å². The molecule has 0 bridgehead atoms. The molecular formula is C19H21N11O9S3. The summed E-state index contributed by atoms with van der Waals surface area (Å²) in [4.78, 5) is 26.8. The Balaban J connectivity index is 1.69. The van der Waals surface area contributed by atoms with Crippen molar-refractivity contribution in [3.63, 3.8) is 0 Å². The van der Waals surface area contributed by atoms with E-state index in [9.17, 15) is 26.2 Å². The Bertz CT molecular complexity index is 1900. The van der Waals surface area contributed by atoms with Crippen molar-refractivity contribution in [2.24, 2.45) is 10.2 Å². The third-order valence-corrected chi connectivity index (χ3v) is 7.33. The van der Waals surface area contributed by atoms with E-state index in [1.165, 1.54) is 42.3 Å². The lowest BCUT2D eigenvalue weighted by Crippen LogP contribution is -2.22. The summed E-state index contributed by atoms with van der Waals surface area (Å²) in [7, 11) is -7.38. The van der Waals surface area contributed by atoms with Gasteiger partial charge < -0.3 is 11.1 Å². The lowest BCUT2D eigenvalue weighted by molar-refractivity contribution is -0.160. The molecule has 0 radical (unpaired) electrons. The van der Waals surface area contributed by atoms with E-state index in [1.807, 2.05) is 0 Å². The fourth-order valence-electron chi connectivity index (χ4n) is 3.26. The zero-order chi connectivity index (χ0) is 30.7. The van der Waals surface area contributed by atoms with E-state index in [0.717, 1.165) is 16.7 Å². The molecule has 224 valence electrons. The van der Waals surface area contributed by atoms with Crippen molar-refractivity contribution < 1.29 is 35.2 Å². The average molecular weight is 644 g/mol. The third kappa shape index (κ3) is 7.32. The molecule has 0 aliphatic rings. The molecule has 3 aromatic heterocycles. The van der Waals surface area contributed by atoms with Crippen molar-refractivity contribution in [2.45, 2.75) is 16.7 Å². The van der Waals surface area contributed by atoms with Gasteiger partial charge in [0.2, 0.25) is 5.95 Å². The maximum Gasteiger partial charge on any atom is 0.351 e. The fraction of sp³-hybridized carbons (Fsp3) is 0.211. The summed E-state index contributed by atoms with van der Waals surface area (Å²) in [6.45, 7) is 1.28. The molecule has 0 spiro atoms. The van der Waals surface area contributed by atoms with Gasteiger partial charge in [0.25, 0.3) is 26.2 Å². The molecular weight excluding hydrogens is 622 g/mol. The number of nitrogens with two attached hydrogens (primary N) is 1. The van der Waals surface area contributed by atoms with Gasteiger partial charge in [-0.2, -0.15) is 46.0 Å². The maximum absolute atomic E-state index is 12.1. The number of nitrogen functional groups attached to an aromatic ring is 1. The van der Waals surface area contributed by atoms with E-state index >= 15 is 0 Å². The summed E-state index contributed by atoms with van der Waals surface area (Å²) in [6.07, 6.45) is 1.38. The first-order chi connectivity index (χ1) is 19.8. The van der Waals surface area contributed by atoms with Crippen LogP contribution >= 0.6 is 12.0 Å². The second-order valence-electron chi connectivity index (χ2n) is 7.98. The summed E-state index contributed by atoms with van der Waals surface area (Å²) in [5.74, 6) is -1.08. The van der Waals surface area contributed by atoms with Crippen LogP contribution in [0.15, 0.2) is 55.3 Å². The molecule has 42 heavy (non-hydrogen) atoms. The molecule has 20 nitrogen and oxygen atoms in total. The number of aromatic amines is 1. The Labute approximate surface area is 240 Å². The van der Waals surface area contributed by atoms with Crippen LogP contribution in [0.3, 0.4) is 0 Å². The first-order valence-electron chi connectivity index (χ1n) is 11.2. The number of H-pyrrole nitrogens is 1. The summed E-state index contributed by atoms with van der Waals surface area (Å²) in [6, 6.07) is 5.10. The molecule has 0 fully saturated rings. The molecule has 1 aromatic carbocycles. The number of aromatic nitrogens is 7. The minimum atomic E-state index is -4.42. The van der Waals surface area contributed by atoms with E-state index in [4.69, 9.17) is 14.6 Å². The number of hydrogen-bond donors (Lipinski definition) is 5. The molecule has 0 unspecified atom stereocenters. The first kappa shape index (κ1) is 30.7. The van der Waals surface area contributed by atoms with Gasteiger partial charge in [-0.1, -0.05) is 0 Å². The maximum atomic E-state index is 12.1. The minimum absolute atomic E-state index is 0.0675. The number of hydrogen-bond acceptors (Lipinski definition) is 16. The van der Waals surface area contributed by atoms with Gasteiger partial charge in [0.15, 0.2) is 17.3 Å². The zero-order valence-corrected chi connectivity index (χ0v) is 23.9. The van der Waals surface area contributed by atoms with Crippen LogP contribution in [0.25, 0.3) is 11.6 Å². The lowest BCUT2D eigenvalue weighted by Gasteiger charge is -2.06. The highest BCUT2D eigenvalue weighted by Gasteiger charge is 2.20. The predicted molar refractivity (Wildman–Crippen MR) is 145 cm³/mol. The van der Waals surface area contributed by atoms with Crippen LogP contribution in [0, 0.1) is 6.92 Å². The summed E-state index contributed by atoms with van der Waals surface area (Å²) < 4.78 is 70.0. The minimum Gasteiger partial charge on any atom is -0.382 e. The second kappa shape index (κ2) is 12.3. The van der Waals surface area contributed by atoms with E-state index in [2.05, 4.69) is 45.6 Å². The van der Waals surface area contributed by atoms with Crippen LogP contribution in [0.2, 0.25) is 0 Å². The number of nitrogens with one attached hydrogen (secondary N) is 2. The van der Waals surface area contributed by atoms with E-state index < -0.39 is 31.7 Å². The van der Waals surface area contributed by atoms with Crippen LogP contribution in [0.5, 0.6) is 0 Å². The van der Waals surface area contributed by atoms with Crippen LogP contribution in [0.4, 0.5) is 23.3 Å². The van der Waals surface area contributed by atoms with Crippen molar-refractivity contribution in [3.8, 4) is 11.6 Å². The van der Waals surface area contributed by atoms with Gasteiger partial charge in [-0.15, -0.1) is 10.2 Å². The molecule has 6 N–H and O–H groups in total. The monoisotopic (exact) mass is 643 g/mol. The molecule has 23 heteroatoms. The topological polar surface area (TPSA) is 284 Å². The smallest absolute Gasteiger partial charge is 0.351 e. The Morgan fingerprint density at radius 3 is 2.48 bits per heavy atom. The van der Waals surface area contributed by atoms with Crippen LogP contribution in [-0.4, -0.2) is 79.9 Å². The summed E-state index contributed by atoms with van der Waals surface area (Å²) >= 11 is 0.761. The van der Waals surface area contributed by atoms with Gasteiger partial charge in [0.1, 0.15) is 4.90 Å². The number of anilines is 2. The number of azo groups is 1. The van der Waals surface area contributed by atoms with Gasteiger partial charge in [-0.3, -0.25) is 14.1 Å². The fourth-order valence-corrected chi connectivity index (χ4v) is 4.53. The van der Waals surface area contributed by atoms with E-state index in [0.29, 0.717) is 10.6 Å². The molecule has 4 rings (SSSR count). The highest BCUT2D eigenvalue weighted by Crippen LogP contribution is 2.35. The number of rotatable bonds is 12. The zero-order valence-electron chi connectivity index (χ0n) is 21.4. The Hall–Kier alpha value is -4.26. The van der Waals surface area contributed by atoms with Crippen LogP contribution < -0.4 is 16.7 Å². The number of nitrogens with zero attached hydrogens (tertiary/aromatic N) is 8. The molecule has 0 saturated carbocycles. The molecule has 0 saturated heterocycles. The predicted octanol–water partition coefficient (Wildman–Crippen LogP) is 0.974. The van der Waals surface area contributed by atoms with Gasteiger partial charge in [0, 0.05) is 6.54 Å². The Morgan fingerprint density at radius 1 is 1.12 bits per heavy atom. The van der Waals surface area contributed by atoms with Gasteiger partial charge in [0.05, 0.1) is 47.4 Å². The summed E-state index contributed by atoms with van der Waals surface area (Å²) in [5, 5.41) is 19.4. The number of aryl methyl sites for hydroxylation is 1. The van der Waals surface area contributed by atoms with E-state index in [1.54, 1.807) is 6.92 Å². The van der Waals surface area contributed by atoms with Gasteiger partial charge in [-0.25, -0.2) is 14.4 Å². The highest BCUT2D eigenvalue weighted by molar-refractivity contribution is 7.94.